The van der Waals surface area contributed by atoms with Gasteiger partial charge in [-0.05, 0) is 38.2 Å². The summed E-state index contributed by atoms with van der Waals surface area (Å²) >= 11 is 0. The van der Waals surface area contributed by atoms with Crippen molar-refractivity contribution in [2.45, 2.75) is 31.8 Å². The Morgan fingerprint density at radius 2 is 1.97 bits per heavy atom. The highest BCUT2D eigenvalue weighted by Crippen LogP contribution is 2.43. The van der Waals surface area contributed by atoms with Crippen LogP contribution in [0.5, 0.6) is 0 Å². The van der Waals surface area contributed by atoms with Gasteiger partial charge in [-0.1, -0.05) is 24.3 Å². The van der Waals surface area contributed by atoms with E-state index in [1.807, 2.05) is 25.7 Å². The summed E-state index contributed by atoms with van der Waals surface area (Å²) in [6.45, 7) is 3.45. The van der Waals surface area contributed by atoms with Gasteiger partial charge in [0.15, 0.2) is 0 Å². The maximum atomic E-state index is 14.3. The Bertz CT molecular complexity index is 1400. The van der Waals surface area contributed by atoms with Gasteiger partial charge in [0.2, 0.25) is 0 Å². The Kier molecular flexibility index (Phi) is 5.33. The summed E-state index contributed by atoms with van der Waals surface area (Å²) in [6, 6.07) is 10.9. The average molecular weight is 446 g/mol. The highest BCUT2D eigenvalue weighted by Gasteiger charge is 2.35. The van der Waals surface area contributed by atoms with E-state index >= 15 is 0 Å². The minimum Gasteiger partial charge on any atom is -0.305 e. The van der Waals surface area contributed by atoms with Crippen molar-refractivity contribution in [3.8, 4) is 0 Å². The predicted octanol–water partition coefficient (Wildman–Crippen LogP) is 3.37. The number of hydrogen-bond acceptors (Lipinski definition) is 6. The first-order chi connectivity index (χ1) is 16.0. The molecule has 8 nitrogen and oxygen atoms in total. The van der Waals surface area contributed by atoms with Crippen LogP contribution in [-0.4, -0.2) is 50.2 Å². The maximum Gasteiger partial charge on any atom is 0.272 e. The van der Waals surface area contributed by atoms with E-state index in [1.54, 1.807) is 6.21 Å². The Balaban J connectivity index is 1.75. The second-order valence-corrected chi connectivity index (χ2v) is 8.48. The van der Waals surface area contributed by atoms with Crippen molar-refractivity contribution in [2.75, 3.05) is 14.1 Å². The van der Waals surface area contributed by atoms with Crippen LogP contribution in [-0.2, 0) is 13.1 Å². The van der Waals surface area contributed by atoms with Crippen molar-refractivity contribution in [1.82, 2.24) is 29.9 Å². The SMILES string of the molecule is CCn1ncnc1C1c2n[nH]c(=O)c3cc(F)cc(c23)N=CC1c1ccc(CN(C)C)cc1. The van der Waals surface area contributed by atoms with Crippen molar-refractivity contribution >= 4 is 22.7 Å². The molecule has 33 heavy (non-hydrogen) atoms. The Morgan fingerprint density at radius 3 is 2.70 bits per heavy atom. The molecule has 0 saturated carbocycles. The van der Waals surface area contributed by atoms with Crippen LogP contribution >= 0.6 is 0 Å². The third-order valence-electron chi connectivity index (χ3n) is 5.98. The normalized spacial score (nSPS) is 17.6. The molecule has 4 aromatic rings. The Labute approximate surface area is 189 Å². The molecule has 2 aromatic heterocycles. The fourth-order valence-corrected chi connectivity index (χ4v) is 4.54. The molecule has 0 spiro atoms. The Hall–Kier alpha value is -3.72. The summed E-state index contributed by atoms with van der Waals surface area (Å²) in [5.41, 5.74) is 2.75. The van der Waals surface area contributed by atoms with Crippen LogP contribution in [0.25, 0.3) is 10.8 Å². The van der Waals surface area contributed by atoms with Crippen molar-refractivity contribution in [3.63, 3.8) is 0 Å². The van der Waals surface area contributed by atoms with Crippen molar-refractivity contribution in [1.29, 1.82) is 0 Å². The lowest BCUT2D eigenvalue weighted by molar-refractivity contribution is 0.402. The van der Waals surface area contributed by atoms with Gasteiger partial charge in [-0.2, -0.15) is 10.2 Å². The lowest BCUT2D eigenvalue weighted by Gasteiger charge is -2.24. The van der Waals surface area contributed by atoms with Crippen molar-refractivity contribution in [3.05, 3.63) is 81.5 Å². The second kappa shape index (κ2) is 8.32. The summed E-state index contributed by atoms with van der Waals surface area (Å²) in [4.78, 5) is 23.8. The monoisotopic (exact) mass is 445 g/mol. The van der Waals surface area contributed by atoms with Gasteiger partial charge in [0.05, 0.1) is 22.7 Å². The molecule has 168 valence electrons. The van der Waals surface area contributed by atoms with E-state index in [1.165, 1.54) is 24.0 Å². The van der Waals surface area contributed by atoms with E-state index < -0.39 is 11.4 Å². The number of aliphatic imine (C=N–C) groups is 1. The highest BCUT2D eigenvalue weighted by atomic mass is 19.1. The third-order valence-corrected chi connectivity index (χ3v) is 5.98. The number of halogens is 1. The molecule has 1 aliphatic rings. The first kappa shape index (κ1) is 21.1. The van der Waals surface area contributed by atoms with Gasteiger partial charge in [0.1, 0.15) is 18.0 Å². The van der Waals surface area contributed by atoms with Crippen LogP contribution in [0, 0.1) is 5.82 Å². The van der Waals surface area contributed by atoms with Crippen LogP contribution in [0.3, 0.4) is 0 Å². The summed E-state index contributed by atoms with van der Waals surface area (Å²) in [7, 11) is 4.06. The van der Waals surface area contributed by atoms with Crippen LogP contribution in [0.4, 0.5) is 10.1 Å². The van der Waals surface area contributed by atoms with E-state index in [-0.39, 0.29) is 17.2 Å². The summed E-state index contributed by atoms with van der Waals surface area (Å²) in [6.07, 6.45) is 3.33. The third kappa shape index (κ3) is 3.74. The molecule has 1 N–H and O–H groups in total. The van der Waals surface area contributed by atoms with Gasteiger partial charge in [0, 0.05) is 36.7 Å². The summed E-state index contributed by atoms with van der Waals surface area (Å²) in [5.74, 6) is -0.423. The molecule has 2 atom stereocenters. The first-order valence-corrected chi connectivity index (χ1v) is 10.8. The maximum absolute atomic E-state index is 14.3. The van der Waals surface area contributed by atoms with Crippen LogP contribution in [0.15, 0.2) is 52.5 Å². The zero-order valence-corrected chi connectivity index (χ0v) is 18.7. The largest absolute Gasteiger partial charge is 0.305 e. The second-order valence-electron chi connectivity index (χ2n) is 8.48. The highest BCUT2D eigenvalue weighted by molar-refractivity contribution is 5.97. The topological polar surface area (TPSA) is 92.1 Å². The molecule has 0 bridgehead atoms. The fraction of sp³-hybridized carbons (Fsp3) is 0.292. The number of aryl methyl sites for hydroxylation is 1. The van der Waals surface area contributed by atoms with Gasteiger partial charge < -0.3 is 4.90 Å². The molecule has 0 radical (unpaired) electrons. The standard InChI is InChI=1S/C24H24FN7O/c1-4-32-23(27-13-28-32)21-18(15-7-5-14(6-8-15)12-31(2)3)11-26-19-10-16(25)9-17-20(19)22(21)29-30-24(17)33/h5-11,13,18,21H,4,12H2,1-3H3,(H,30,33). The number of aromatic amines is 1. The van der Waals surface area contributed by atoms with Crippen molar-refractivity contribution in [2.24, 2.45) is 4.99 Å². The molecular weight excluding hydrogens is 421 g/mol. The lowest BCUT2D eigenvalue weighted by atomic mass is 9.82. The summed E-state index contributed by atoms with van der Waals surface area (Å²) < 4.78 is 16.2. The van der Waals surface area contributed by atoms with Gasteiger partial charge in [0.25, 0.3) is 5.56 Å². The average Bonchev–Trinajstić information content (AvgIpc) is 3.20. The number of hydrogen-bond donors (Lipinski definition) is 1. The van der Waals surface area contributed by atoms with Gasteiger partial charge in [-0.15, -0.1) is 0 Å². The zero-order valence-electron chi connectivity index (χ0n) is 18.7. The zero-order chi connectivity index (χ0) is 23.1. The minimum atomic E-state index is -0.517. The van der Waals surface area contributed by atoms with Gasteiger partial charge in [-0.3, -0.25) is 9.79 Å². The Morgan fingerprint density at radius 1 is 1.18 bits per heavy atom. The van der Waals surface area contributed by atoms with Crippen LogP contribution in [0.2, 0.25) is 0 Å². The molecule has 0 saturated heterocycles. The number of H-pyrrole nitrogens is 1. The molecule has 2 unspecified atom stereocenters. The quantitative estimate of drug-likeness (QED) is 0.509. The molecule has 3 heterocycles. The number of rotatable bonds is 5. The molecule has 1 aliphatic heterocycles. The molecule has 2 aromatic carbocycles. The van der Waals surface area contributed by atoms with E-state index in [0.717, 1.165) is 12.1 Å². The molecule has 0 amide bonds. The molecule has 5 rings (SSSR count). The summed E-state index contributed by atoms with van der Waals surface area (Å²) in [5, 5.41) is 12.1. The number of nitrogens with zero attached hydrogens (tertiary/aromatic N) is 6. The lowest BCUT2D eigenvalue weighted by Crippen LogP contribution is -2.22. The van der Waals surface area contributed by atoms with Crippen molar-refractivity contribution < 1.29 is 4.39 Å². The first-order valence-electron chi connectivity index (χ1n) is 10.8. The van der Waals surface area contributed by atoms with Crippen LogP contribution < -0.4 is 5.56 Å². The van der Waals surface area contributed by atoms with Gasteiger partial charge >= 0.3 is 0 Å². The molecule has 0 fully saturated rings. The molecule has 9 heteroatoms. The van der Waals surface area contributed by atoms with E-state index in [2.05, 4.69) is 54.4 Å². The molecular formula is C24H24FN7O. The van der Waals surface area contributed by atoms with E-state index in [4.69, 9.17) is 0 Å². The molecule has 0 aliphatic carbocycles. The number of benzene rings is 2. The minimum absolute atomic E-state index is 0.224. The van der Waals surface area contributed by atoms with E-state index in [0.29, 0.717) is 29.1 Å². The number of aromatic nitrogens is 5. The fourth-order valence-electron chi connectivity index (χ4n) is 4.54. The van der Waals surface area contributed by atoms with Crippen LogP contribution in [0.1, 0.15) is 41.4 Å². The van der Waals surface area contributed by atoms with Gasteiger partial charge in [-0.25, -0.2) is 19.2 Å². The van der Waals surface area contributed by atoms with E-state index in [9.17, 15) is 9.18 Å². The predicted molar refractivity (Wildman–Crippen MR) is 125 cm³/mol. The smallest absolute Gasteiger partial charge is 0.272 e. The number of nitrogens with one attached hydrogen (secondary N) is 1.